The van der Waals surface area contributed by atoms with Gasteiger partial charge in [0.05, 0.1) is 16.6 Å². The van der Waals surface area contributed by atoms with Crippen LogP contribution in [-0.2, 0) is 11.2 Å². The molecule has 1 N–H and O–H groups in total. The van der Waals surface area contributed by atoms with Crippen molar-refractivity contribution in [2.24, 2.45) is 0 Å². The van der Waals surface area contributed by atoms with Crippen molar-refractivity contribution < 1.29 is 4.79 Å². The average Bonchev–Trinajstić information content (AvgIpc) is 2.81. The summed E-state index contributed by atoms with van der Waals surface area (Å²) in [7, 11) is 0. The third-order valence-corrected chi connectivity index (χ3v) is 3.74. The van der Waals surface area contributed by atoms with Crippen molar-refractivity contribution in [3.8, 4) is 0 Å². The first-order chi connectivity index (χ1) is 9.31. The molecule has 1 amide bonds. The van der Waals surface area contributed by atoms with Crippen LogP contribution < -0.4 is 5.32 Å². The third kappa shape index (κ3) is 2.80. The second-order valence-corrected chi connectivity index (χ2v) is 5.28. The Kier molecular flexibility index (Phi) is 3.25. The minimum atomic E-state index is -0.0368. The molecule has 0 radical (unpaired) electrons. The summed E-state index contributed by atoms with van der Waals surface area (Å²) in [5.41, 5.74) is 1.77. The van der Waals surface area contributed by atoms with Crippen LogP contribution in [0.25, 0.3) is 10.2 Å². The van der Waals surface area contributed by atoms with Crippen LogP contribution >= 0.6 is 11.3 Å². The van der Waals surface area contributed by atoms with Gasteiger partial charge in [-0.2, -0.15) is 0 Å². The number of carbonyl (C=O) groups is 1. The van der Waals surface area contributed by atoms with Gasteiger partial charge >= 0.3 is 0 Å². The van der Waals surface area contributed by atoms with E-state index in [0.29, 0.717) is 6.42 Å². The molecule has 0 saturated heterocycles. The Morgan fingerprint density at radius 1 is 1.05 bits per heavy atom. The first-order valence-electron chi connectivity index (χ1n) is 6.00. The number of hydrogen-bond donors (Lipinski definition) is 1. The first kappa shape index (κ1) is 11.9. The highest BCUT2D eigenvalue weighted by Crippen LogP contribution is 2.22. The Morgan fingerprint density at radius 3 is 2.58 bits per heavy atom. The summed E-state index contributed by atoms with van der Waals surface area (Å²) in [5, 5.41) is 3.70. The van der Waals surface area contributed by atoms with Crippen molar-refractivity contribution in [3.05, 3.63) is 59.6 Å². The number of nitrogens with zero attached hydrogens (tertiary/aromatic N) is 1. The van der Waals surface area contributed by atoms with Gasteiger partial charge in [0.1, 0.15) is 5.01 Å². The standard InChI is InChI=1S/C15H12N2OS/c18-14(16-11-6-2-1-3-7-11)10-15-17-12-8-4-5-9-13(12)19-15/h1-9H,10H2,(H,16,18). The third-order valence-electron chi connectivity index (χ3n) is 2.71. The summed E-state index contributed by atoms with van der Waals surface area (Å²) in [6.45, 7) is 0. The molecule has 94 valence electrons. The van der Waals surface area contributed by atoms with Crippen molar-refractivity contribution in [1.29, 1.82) is 0 Å². The number of carbonyl (C=O) groups excluding carboxylic acids is 1. The minimum Gasteiger partial charge on any atom is -0.326 e. The quantitative estimate of drug-likeness (QED) is 0.790. The van der Waals surface area contributed by atoms with E-state index in [1.165, 1.54) is 0 Å². The van der Waals surface area contributed by atoms with Crippen molar-refractivity contribution in [3.63, 3.8) is 0 Å². The van der Waals surface area contributed by atoms with Crippen LogP contribution in [0, 0.1) is 0 Å². The summed E-state index contributed by atoms with van der Waals surface area (Å²) in [4.78, 5) is 16.4. The molecule has 0 spiro atoms. The van der Waals surface area contributed by atoms with E-state index in [1.54, 1.807) is 11.3 Å². The molecule has 19 heavy (non-hydrogen) atoms. The molecule has 3 nitrogen and oxygen atoms in total. The molecule has 0 aliphatic rings. The molecule has 3 aromatic rings. The molecule has 1 heterocycles. The van der Waals surface area contributed by atoms with Gasteiger partial charge in [0.25, 0.3) is 0 Å². The number of anilines is 1. The maximum atomic E-state index is 11.9. The SMILES string of the molecule is O=C(Cc1nc2ccccc2s1)Nc1ccccc1. The first-order valence-corrected chi connectivity index (χ1v) is 6.82. The number of para-hydroxylation sites is 2. The molecule has 2 aromatic carbocycles. The summed E-state index contributed by atoms with van der Waals surface area (Å²) >= 11 is 1.56. The van der Waals surface area contributed by atoms with E-state index in [0.717, 1.165) is 20.9 Å². The molecule has 0 atom stereocenters. The van der Waals surface area contributed by atoms with Gasteiger partial charge in [-0.1, -0.05) is 30.3 Å². The Labute approximate surface area is 114 Å². The van der Waals surface area contributed by atoms with Gasteiger partial charge in [-0.3, -0.25) is 4.79 Å². The molecule has 3 rings (SSSR count). The number of amides is 1. The Morgan fingerprint density at radius 2 is 1.79 bits per heavy atom. The topological polar surface area (TPSA) is 42.0 Å². The maximum Gasteiger partial charge on any atom is 0.231 e. The molecule has 0 fully saturated rings. The van der Waals surface area contributed by atoms with E-state index in [2.05, 4.69) is 10.3 Å². The Hall–Kier alpha value is -2.20. The number of nitrogens with one attached hydrogen (secondary N) is 1. The van der Waals surface area contributed by atoms with E-state index >= 15 is 0 Å². The molecule has 0 aliphatic carbocycles. The monoisotopic (exact) mass is 268 g/mol. The van der Waals surface area contributed by atoms with Crippen LogP contribution in [0.2, 0.25) is 0 Å². The molecule has 0 aliphatic heterocycles. The highest BCUT2D eigenvalue weighted by molar-refractivity contribution is 7.18. The smallest absolute Gasteiger partial charge is 0.231 e. The van der Waals surface area contributed by atoms with Crippen molar-refractivity contribution in [2.45, 2.75) is 6.42 Å². The second-order valence-electron chi connectivity index (χ2n) is 4.17. The zero-order chi connectivity index (χ0) is 13.1. The van der Waals surface area contributed by atoms with E-state index in [-0.39, 0.29) is 5.91 Å². The normalized spacial score (nSPS) is 10.5. The van der Waals surface area contributed by atoms with Gasteiger partial charge in [0, 0.05) is 5.69 Å². The summed E-state index contributed by atoms with van der Waals surface area (Å²) < 4.78 is 1.12. The fourth-order valence-electron chi connectivity index (χ4n) is 1.86. The van der Waals surface area contributed by atoms with E-state index in [1.807, 2.05) is 54.6 Å². The number of aromatic nitrogens is 1. The molecule has 0 bridgehead atoms. The summed E-state index contributed by atoms with van der Waals surface area (Å²) in [6.07, 6.45) is 0.314. The van der Waals surface area contributed by atoms with Crippen LogP contribution in [-0.4, -0.2) is 10.9 Å². The zero-order valence-corrected chi connectivity index (χ0v) is 11.0. The molecule has 1 aromatic heterocycles. The fourth-order valence-corrected chi connectivity index (χ4v) is 2.83. The number of benzene rings is 2. The lowest BCUT2D eigenvalue weighted by Crippen LogP contribution is -2.13. The number of fused-ring (bicyclic) bond motifs is 1. The molecule has 4 heteroatoms. The highest BCUT2D eigenvalue weighted by Gasteiger charge is 2.08. The number of rotatable bonds is 3. The lowest BCUT2D eigenvalue weighted by molar-refractivity contribution is -0.115. The van der Waals surface area contributed by atoms with Gasteiger partial charge in [0.2, 0.25) is 5.91 Å². The van der Waals surface area contributed by atoms with E-state index in [9.17, 15) is 4.79 Å². The van der Waals surface area contributed by atoms with Crippen LogP contribution in [0.1, 0.15) is 5.01 Å². The van der Waals surface area contributed by atoms with Crippen LogP contribution in [0.4, 0.5) is 5.69 Å². The fraction of sp³-hybridized carbons (Fsp3) is 0.0667. The van der Waals surface area contributed by atoms with Gasteiger partial charge in [-0.15, -0.1) is 11.3 Å². The Bertz CT molecular complexity index is 673. The lowest BCUT2D eigenvalue weighted by atomic mass is 10.3. The van der Waals surface area contributed by atoms with Crippen molar-refractivity contribution in [1.82, 2.24) is 4.98 Å². The summed E-state index contributed by atoms with van der Waals surface area (Å²) in [5.74, 6) is -0.0368. The zero-order valence-electron chi connectivity index (χ0n) is 10.2. The van der Waals surface area contributed by atoms with Gasteiger partial charge < -0.3 is 5.32 Å². The molecular formula is C15H12N2OS. The van der Waals surface area contributed by atoms with Crippen LogP contribution in [0.3, 0.4) is 0 Å². The number of hydrogen-bond acceptors (Lipinski definition) is 3. The van der Waals surface area contributed by atoms with Gasteiger partial charge in [-0.05, 0) is 24.3 Å². The van der Waals surface area contributed by atoms with Crippen molar-refractivity contribution >= 4 is 33.1 Å². The van der Waals surface area contributed by atoms with E-state index < -0.39 is 0 Å². The second kappa shape index (κ2) is 5.20. The largest absolute Gasteiger partial charge is 0.326 e. The van der Waals surface area contributed by atoms with Crippen LogP contribution in [0.15, 0.2) is 54.6 Å². The predicted octanol–water partition coefficient (Wildman–Crippen LogP) is 3.48. The minimum absolute atomic E-state index is 0.0368. The van der Waals surface area contributed by atoms with Crippen LogP contribution in [0.5, 0.6) is 0 Å². The molecule has 0 unspecified atom stereocenters. The van der Waals surface area contributed by atoms with E-state index in [4.69, 9.17) is 0 Å². The highest BCUT2D eigenvalue weighted by atomic mass is 32.1. The molecule has 0 saturated carbocycles. The predicted molar refractivity (Wildman–Crippen MR) is 78.4 cm³/mol. The van der Waals surface area contributed by atoms with Gasteiger partial charge in [0.15, 0.2) is 0 Å². The Balaban J connectivity index is 1.72. The summed E-state index contributed by atoms with van der Waals surface area (Å²) in [6, 6.07) is 17.4. The average molecular weight is 268 g/mol. The van der Waals surface area contributed by atoms with Crippen molar-refractivity contribution in [2.75, 3.05) is 5.32 Å². The maximum absolute atomic E-state index is 11.9. The lowest BCUT2D eigenvalue weighted by Gasteiger charge is -2.02. The molecular weight excluding hydrogens is 256 g/mol. The number of thiazole rings is 1. The van der Waals surface area contributed by atoms with Gasteiger partial charge in [-0.25, -0.2) is 4.98 Å².